The molecule has 1 heterocycles. The van der Waals surface area contributed by atoms with Crippen molar-refractivity contribution in [3.05, 3.63) is 57.1 Å². The molecule has 7 nitrogen and oxygen atoms in total. The molecule has 0 atom stereocenters. The van der Waals surface area contributed by atoms with Gasteiger partial charge in [-0.25, -0.2) is 0 Å². The van der Waals surface area contributed by atoms with Gasteiger partial charge in [-0.15, -0.1) is 0 Å². The van der Waals surface area contributed by atoms with Crippen molar-refractivity contribution in [2.75, 3.05) is 45.3 Å². The minimum atomic E-state index is -0.357. The van der Waals surface area contributed by atoms with Gasteiger partial charge >= 0.3 is 0 Å². The predicted octanol–water partition coefficient (Wildman–Crippen LogP) is 3.55. The molecule has 0 bridgehead atoms. The van der Waals surface area contributed by atoms with Crippen LogP contribution < -0.4 is 14.4 Å². The molecule has 0 radical (unpaired) electrons. The maximum absolute atomic E-state index is 11.5. The summed E-state index contributed by atoms with van der Waals surface area (Å²) in [6.45, 7) is 8.28. The van der Waals surface area contributed by atoms with Gasteiger partial charge in [-0.1, -0.05) is 12.1 Å². The SMILES string of the molecule is COc1cc(CN2CCN(c3cccc(C)c3C)CC2)c([N+](=O)[O-])cc1OC. The van der Waals surface area contributed by atoms with E-state index >= 15 is 0 Å². The molecule has 0 aromatic heterocycles. The highest BCUT2D eigenvalue weighted by molar-refractivity contribution is 5.56. The summed E-state index contributed by atoms with van der Waals surface area (Å²) in [6.07, 6.45) is 0. The van der Waals surface area contributed by atoms with Gasteiger partial charge in [0.25, 0.3) is 5.69 Å². The van der Waals surface area contributed by atoms with Gasteiger partial charge in [0, 0.05) is 44.0 Å². The summed E-state index contributed by atoms with van der Waals surface area (Å²) in [6, 6.07) is 9.55. The van der Waals surface area contributed by atoms with E-state index in [0.717, 1.165) is 26.2 Å². The molecule has 150 valence electrons. The van der Waals surface area contributed by atoms with E-state index in [2.05, 4.69) is 41.8 Å². The Bertz CT molecular complexity index is 861. The number of rotatable bonds is 6. The van der Waals surface area contributed by atoms with Crippen LogP contribution >= 0.6 is 0 Å². The van der Waals surface area contributed by atoms with Gasteiger partial charge in [-0.2, -0.15) is 0 Å². The van der Waals surface area contributed by atoms with E-state index in [1.165, 1.54) is 37.1 Å². The van der Waals surface area contributed by atoms with Crippen LogP contribution in [0.4, 0.5) is 11.4 Å². The molecule has 2 aromatic rings. The Hall–Kier alpha value is -2.80. The van der Waals surface area contributed by atoms with Crippen LogP contribution in [0.15, 0.2) is 30.3 Å². The fourth-order valence-electron chi connectivity index (χ4n) is 3.67. The Morgan fingerprint density at radius 2 is 1.68 bits per heavy atom. The minimum absolute atomic E-state index is 0.0645. The summed E-state index contributed by atoms with van der Waals surface area (Å²) in [5.74, 6) is 0.884. The molecule has 0 N–H and O–H groups in total. The lowest BCUT2D eigenvalue weighted by molar-refractivity contribution is -0.385. The van der Waals surface area contributed by atoms with Crippen LogP contribution in [0.5, 0.6) is 11.5 Å². The molecule has 1 fully saturated rings. The van der Waals surface area contributed by atoms with Crippen LogP contribution in [0.25, 0.3) is 0 Å². The van der Waals surface area contributed by atoms with Crippen molar-refractivity contribution in [2.24, 2.45) is 0 Å². The third-order valence-electron chi connectivity index (χ3n) is 5.46. The largest absolute Gasteiger partial charge is 0.493 e. The Balaban J connectivity index is 1.74. The van der Waals surface area contributed by atoms with Gasteiger partial charge in [-0.05, 0) is 37.1 Å². The van der Waals surface area contributed by atoms with Crippen molar-refractivity contribution in [3.8, 4) is 11.5 Å². The van der Waals surface area contributed by atoms with Gasteiger partial charge < -0.3 is 14.4 Å². The molecule has 0 aliphatic carbocycles. The molecule has 0 saturated carbocycles. The maximum atomic E-state index is 11.5. The lowest BCUT2D eigenvalue weighted by Crippen LogP contribution is -2.46. The van der Waals surface area contributed by atoms with Crippen LogP contribution in [0.3, 0.4) is 0 Å². The number of nitro groups is 1. The van der Waals surface area contributed by atoms with Gasteiger partial charge in [0.1, 0.15) is 0 Å². The number of anilines is 1. The summed E-state index contributed by atoms with van der Waals surface area (Å²) in [5.41, 5.74) is 4.58. The summed E-state index contributed by atoms with van der Waals surface area (Å²) in [7, 11) is 3.02. The van der Waals surface area contributed by atoms with E-state index in [4.69, 9.17) is 9.47 Å². The molecule has 0 amide bonds. The van der Waals surface area contributed by atoms with Gasteiger partial charge in [0.2, 0.25) is 0 Å². The molecule has 1 saturated heterocycles. The number of hydrogen-bond acceptors (Lipinski definition) is 6. The van der Waals surface area contributed by atoms with E-state index in [0.29, 0.717) is 23.6 Å². The maximum Gasteiger partial charge on any atom is 0.277 e. The van der Waals surface area contributed by atoms with Gasteiger partial charge in [-0.3, -0.25) is 15.0 Å². The van der Waals surface area contributed by atoms with E-state index < -0.39 is 0 Å². The molecule has 1 aliphatic rings. The molecule has 0 spiro atoms. The summed E-state index contributed by atoms with van der Waals surface area (Å²) in [5, 5.41) is 11.5. The second kappa shape index (κ2) is 8.48. The zero-order valence-corrected chi connectivity index (χ0v) is 16.9. The number of nitro benzene ring substituents is 1. The first-order valence-electron chi connectivity index (χ1n) is 9.37. The van der Waals surface area contributed by atoms with Gasteiger partial charge in [0.05, 0.1) is 25.2 Å². The average Bonchev–Trinajstić information content (AvgIpc) is 2.70. The normalized spacial score (nSPS) is 14.8. The Kier molecular flexibility index (Phi) is 6.04. The highest BCUT2D eigenvalue weighted by Gasteiger charge is 2.24. The van der Waals surface area contributed by atoms with E-state index in [-0.39, 0.29) is 10.6 Å². The zero-order valence-electron chi connectivity index (χ0n) is 16.9. The second-order valence-electron chi connectivity index (χ2n) is 7.08. The van der Waals surface area contributed by atoms with Crippen LogP contribution in [-0.4, -0.2) is 50.2 Å². The fourth-order valence-corrected chi connectivity index (χ4v) is 3.67. The summed E-state index contributed by atoms with van der Waals surface area (Å²) < 4.78 is 10.5. The summed E-state index contributed by atoms with van der Waals surface area (Å²) >= 11 is 0. The van der Waals surface area contributed by atoms with Crippen LogP contribution in [0.2, 0.25) is 0 Å². The smallest absolute Gasteiger partial charge is 0.277 e. The number of methoxy groups -OCH3 is 2. The standard InChI is InChI=1S/C21H27N3O4/c1-15-6-5-7-18(16(15)2)23-10-8-22(9-11-23)14-17-12-20(27-3)21(28-4)13-19(17)24(25)26/h5-7,12-13H,8-11,14H2,1-4H3. The molecule has 7 heteroatoms. The highest BCUT2D eigenvalue weighted by Crippen LogP contribution is 2.35. The van der Waals surface area contributed by atoms with Crippen molar-refractivity contribution in [1.29, 1.82) is 0 Å². The van der Waals surface area contributed by atoms with Gasteiger partial charge in [0.15, 0.2) is 11.5 Å². The topological polar surface area (TPSA) is 68.1 Å². The first-order valence-corrected chi connectivity index (χ1v) is 9.37. The van der Waals surface area contributed by atoms with Crippen molar-refractivity contribution >= 4 is 11.4 Å². The van der Waals surface area contributed by atoms with E-state index in [1.54, 1.807) is 6.07 Å². The first-order chi connectivity index (χ1) is 13.4. The fraction of sp³-hybridized carbons (Fsp3) is 0.429. The Morgan fingerprint density at radius 3 is 2.29 bits per heavy atom. The third-order valence-corrected chi connectivity index (χ3v) is 5.46. The zero-order chi connectivity index (χ0) is 20.3. The number of benzene rings is 2. The molecular weight excluding hydrogens is 358 g/mol. The Morgan fingerprint density at radius 1 is 1.04 bits per heavy atom. The molecule has 28 heavy (non-hydrogen) atoms. The number of ether oxygens (including phenoxy) is 2. The highest BCUT2D eigenvalue weighted by atomic mass is 16.6. The molecular formula is C21H27N3O4. The van der Waals surface area contributed by atoms with Crippen LogP contribution in [-0.2, 0) is 6.54 Å². The quantitative estimate of drug-likeness (QED) is 0.560. The number of nitrogens with zero attached hydrogens (tertiary/aromatic N) is 3. The van der Waals surface area contributed by atoms with Crippen molar-refractivity contribution in [2.45, 2.75) is 20.4 Å². The molecule has 0 unspecified atom stereocenters. The summed E-state index contributed by atoms with van der Waals surface area (Å²) in [4.78, 5) is 15.8. The molecule has 2 aromatic carbocycles. The lowest BCUT2D eigenvalue weighted by atomic mass is 10.1. The third kappa shape index (κ3) is 4.04. The predicted molar refractivity (Wildman–Crippen MR) is 110 cm³/mol. The first kappa shape index (κ1) is 19.9. The van der Waals surface area contributed by atoms with Crippen molar-refractivity contribution in [1.82, 2.24) is 4.90 Å². The van der Waals surface area contributed by atoms with E-state index in [1.807, 2.05) is 0 Å². The number of aryl methyl sites for hydroxylation is 1. The Labute approximate surface area is 165 Å². The minimum Gasteiger partial charge on any atom is -0.493 e. The monoisotopic (exact) mass is 385 g/mol. The average molecular weight is 385 g/mol. The van der Waals surface area contributed by atoms with Crippen LogP contribution in [0, 0.1) is 24.0 Å². The van der Waals surface area contributed by atoms with Crippen molar-refractivity contribution < 1.29 is 14.4 Å². The molecule has 1 aliphatic heterocycles. The van der Waals surface area contributed by atoms with Crippen LogP contribution in [0.1, 0.15) is 16.7 Å². The lowest BCUT2D eigenvalue weighted by Gasteiger charge is -2.37. The second-order valence-corrected chi connectivity index (χ2v) is 7.08. The number of hydrogen-bond donors (Lipinski definition) is 0. The van der Waals surface area contributed by atoms with E-state index in [9.17, 15) is 10.1 Å². The number of piperazine rings is 1. The van der Waals surface area contributed by atoms with Crippen molar-refractivity contribution in [3.63, 3.8) is 0 Å². The molecule has 3 rings (SSSR count).